The zero-order valence-electron chi connectivity index (χ0n) is 9.23. The van der Waals surface area contributed by atoms with Gasteiger partial charge in [0, 0.05) is 24.6 Å². The van der Waals surface area contributed by atoms with Crippen LogP contribution in [0.1, 0.15) is 5.56 Å². The van der Waals surface area contributed by atoms with E-state index in [2.05, 4.69) is 5.48 Å². The molecule has 0 radical (unpaired) electrons. The highest BCUT2D eigenvalue weighted by Crippen LogP contribution is 2.20. The zero-order valence-corrected chi connectivity index (χ0v) is 9.23. The van der Waals surface area contributed by atoms with Gasteiger partial charge in [0.15, 0.2) is 0 Å². The fourth-order valence-electron chi connectivity index (χ4n) is 1.50. The van der Waals surface area contributed by atoms with Gasteiger partial charge >= 0.3 is 0 Å². The van der Waals surface area contributed by atoms with Crippen molar-refractivity contribution in [2.45, 2.75) is 6.54 Å². The molecular formula is C12H15NO3. The van der Waals surface area contributed by atoms with Gasteiger partial charge in [-0.05, 0) is 6.07 Å². The SMILES string of the molecule is COCCONCc1coc2ccccc12. The average molecular weight is 221 g/mol. The molecule has 4 heteroatoms. The van der Waals surface area contributed by atoms with Crippen molar-refractivity contribution in [1.29, 1.82) is 0 Å². The highest BCUT2D eigenvalue weighted by molar-refractivity contribution is 5.80. The first kappa shape index (κ1) is 11.1. The molecular weight excluding hydrogens is 206 g/mol. The molecule has 0 bridgehead atoms. The average Bonchev–Trinajstić information content (AvgIpc) is 2.73. The zero-order chi connectivity index (χ0) is 11.2. The summed E-state index contributed by atoms with van der Waals surface area (Å²) in [6.45, 7) is 1.74. The number of methoxy groups -OCH3 is 1. The van der Waals surface area contributed by atoms with Gasteiger partial charge in [0.25, 0.3) is 0 Å². The number of fused-ring (bicyclic) bond motifs is 1. The Bertz CT molecular complexity index is 439. The maximum atomic E-state index is 5.41. The Morgan fingerprint density at radius 3 is 3.00 bits per heavy atom. The van der Waals surface area contributed by atoms with Gasteiger partial charge in [-0.2, -0.15) is 5.48 Å². The van der Waals surface area contributed by atoms with E-state index in [0.717, 1.165) is 16.5 Å². The number of rotatable bonds is 6. The van der Waals surface area contributed by atoms with E-state index >= 15 is 0 Å². The predicted octanol–water partition coefficient (Wildman–Crippen LogP) is 2.10. The smallest absolute Gasteiger partial charge is 0.134 e. The van der Waals surface area contributed by atoms with E-state index in [1.165, 1.54) is 0 Å². The molecule has 0 fully saturated rings. The minimum Gasteiger partial charge on any atom is -0.464 e. The maximum Gasteiger partial charge on any atom is 0.134 e. The molecule has 1 aromatic heterocycles. The maximum absolute atomic E-state index is 5.41. The number of benzene rings is 1. The van der Waals surface area contributed by atoms with Crippen molar-refractivity contribution >= 4 is 11.0 Å². The molecule has 0 aliphatic carbocycles. The van der Waals surface area contributed by atoms with Crippen molar-refractivity contribution < 1.29 is 14.0 Å². The normalized spacial score (nSPS) is 11.1. The van der Waals surface area contributed by atoms with Crippen molar-refractivity contribution in [2.24, 2.45) is 0 Å². The standard InChI is InChI=1S/C12H15NO3/c1-14-6-7-16-13-8-10-9-15-12-5-3-2-4-11(10)12/h2-5,9,13H,6-8H2,1H3. The molecule has 0 amide bonds. The van der Waals surface area contributed by atoms with Crippen LogP contribution in [0.15, 0.2) is 34.9 Å². The molecule has 0 atom stereocenters. The second kappa shape index (κ2) is 5.65. The van der Waals surface area contributed by atoms with Crippen LogP contribution in [0, 0.1) is 0 Å². The molecule has 0 saturated heterocycles. The van der Waals surface area contributed by atoms with E-state index in [1.807, 2.05) is 24.3 Å². The number of nitrogens with one attached hydrogen (secondary N) is 1. The molecule has 0 aliphatic rings. The second-order valence-electron chi connectivity index (χ2n) is 3.42. The van der Waals surface area contributed by atoms with Crippen LogP contribution in [0.3, 0.4) is 0 Å². The molecule has 0 unspecified atom stereocenters. The molecule has 0 aliphatic heterocycles. The molecule has 16 heavy (non-hydrogen) atoms. The van der Waals surface area contributed by atoms with E-state index in [1.54, 1.807) is 13.4 Å². The Morgan fingerprint density at radius 1 is 1.25 bits per heavy atom. The molecule has 0 saturated carbocycles. The van der Waals surface area contributed by atoms with Crippen LogP contribution < -0.4 is 5.48 Å². The number of hydrogen-bond acceptors (Lipinski definition) is 4. The fraction of sp³-hybridized carbons (Fsp3) is 0.333. The second-order valence-corrected chi connectivity index (χ2v) is 3.42. The number of hydroxylamine groups is 1. The van der Waals surface area contributed by atoms with Crippen LogP contribution in [-0.2, 0) is 16.1 Å². The van der Waals surface area contributed by atoms with Crippen LogP contribution in [-0.4, -0.2) is 20.3 Å². The van der Waals surface area contributed by atoms with Gasteiger partial charge < -0.3 is 9.15 Å². The number of para-hydroxylation sites is 1. The van der Waals surface area contributed by atoms with Crippen LogP contribution in [0.5, 0.6) is 0 Å². The van der Waals surface area contributed by atoms with Gasteiger partial charge in [-0.15, -0.1) is 0 Å². The molecule has 2 aromatic rings. The molecule has 2 rings (SSSR count). The van der Waals surface area contributed by atoms with Crippen molar-refractivity contribution in [2.75, 3.05) is 20.3 Å². The lowest BCUT2D eigenvalue weighted by molar-refractivity contribution is 0.00354. The summed E-state index contributed by atoms with van der Waals surface area (Å²) in [5.41, 5.74) is 4.86. The lowest BCUT2D eigenvalue weighted by atomic mass is 10.2. The quantitative estimate of drug-likeness (QED) is 0.599. The van der Waals surface area contributed by atoms with Gasteiger partial charge in [0.1, 0.15) is 5.58 Å². The molecule has 1 heterocycles. The molecule has 86 valence electrons. The summed E-state index contributed by atoms with van der Waals surface area (Å²) < 4.78 is 10.3. The molecule has 1 N–H and O–H groups in total. The first-order valence-electron chi connectivity index (χ1n) is 5.20. The van der Waals surface area contributed by atoms with Crippen LogP contribution >= 0.6 is 0 Å². The van der Waals surface area contributed by atoms with E-state index in [9.17, 15) is 0 Å². The Kier molecular flexibility index (Phi) is 3.93. The number of hydrogen-bond donors (Lipinski definition) is 1. The minimum absolute atomic E-state index is 0.534. The summed E-state index contributed by atoms with van der Waals surface area (Å²) in [6.07, 6.45) is 1.75. The topological polar surface area (TPSA) is 43.6 Å². The van der Waals surface area contributed by atoms with Crippen molar-refractivity contribution in [3.8, 4) is 0 Å². The summed E-state index contributed by atoms with van der Waals surface area (Å²) in [5.74, 6) is 0. The van der Waals surface area contributed by atoms with Crippen LogP contribution in [0.2, 0.25) is 0 Å². The molecule has 0 spiro atoms. The minimum atomic E-state index is 0.534. The van der Waals surface area contributed by atoms with Crippen molar-refractivity contribution in [1.82, 2.24) is 5.48 Å². The fourth-order valence-corrected chi connectivity index (χ4v) is 1.50. The largest absolute Gasteiger partial charge is 0.464 e. The van der Waals surface area contributed by atoms with Gasteiger partial charge in [0.05, 0.1) is 19.5 Å². The van der Waals surface area contributed by atoms with Crippen LogP contribution in [0.25, 0.3) is 11.0 Å². The predicted molar refractivity (Wildman–Crippen MR) is 60.9 cm³/mol. The van der Waals surface area contributed by atoms with Gasteiger partial charge in [-0.3, -0.25) is 4.84 Å². The van der Waals surface area contributed by atoms with E-state index in [-0.39, 0.29) is 0 Å². The van der Waals surface area contributed by atoms with Crippen molar-refractivity contribution in [3.05, 3.63) is 36.1 Å². The Balaban J connectivity index is 1.89. The Hall–Kier alpha value is -1.36. The number of furan rings is 1. The first-order valence-corrected chi connectivity index (χ1v) is 5.20. The third-order valence-corrected chi connectivity index (χ3v) is 2.32. The summed E-state index contributed by atoms with van der Waals surface area (Å²) in [5, 5.41) is 1.12. The Labute approximate surface area is 94.1 Å². The molecule has 4 nitrogen and oxygen atoms in total. The van der Waals surface area contributed by atoms with E-state index < -0.39 is 0 Å². The lowest BCUT2D eigenvalue weighted by Gasteiger charge is -2.03. The molecule has 1 aromatic carbocycles. The monoisotopic (exact) mass is 221 g/mol. The van der Waals surface area contributed by atoms with Crippen molar-refractivity contribution in [3.63, 3.8) is 0 Å². The first-order chi connectivity index (χ1) is 7.92. The van der Waals surface area contributed by atoms with Gasteiger partial charge in [0.2, 0.25) is 0 Å². The third-order valence-electron chi connectivity index (χ3n) is 2.32. The highest BCUT2D eigenvalue weighted by atomic mass is 16.7. The summed E-state index contributed by atoms with van der Waals surface area (Å²) in [6, 6.07) is 7.93. The highest BCUT2D eigenvalue weighted by Gasteiger charge is 2.03. The van der Waals surface area contributed by atoms with Crippen LogP contribution in [0.4, 0.5) is 0 Å². The van der Waals surface area contributed by atoms with E-state index in [4.69, 9.17) is 14.0 Å². The van der Waals surface area contributed by atoms with E-state index in [0.29, 0.717) is 19.8 Å². The Morgan fingerprint density at radius 2 is 2.12 bits per heavy atom. The van der Waals surface area contributed by atoms with Gasteiger partial charge in [-0.25, -0.2) is 0 Å². The summed E-state index contributed by atoms with van der Waals surface area (Å²) in [4.78, 5) is 5.18. The summed E-state index contributed by atoms with van der Waals surface area (Å²) >= 11 is 0. The van der Waals surface area contributed by atoms with Gasteiger partial charge in [-0.1, -0.05) is 18.2 Å². The lowest BCUT2D eigenvalue weighted by Crippen LogP contribution is -2.16. The number of ether oxygens (including phenoxy) is 1. The summed E-state index contributed by atoms with van der Waals surface area (Å²) in [7, 11) is 1.65. The third kappa shape index (κ3) is 2.61.